The molecule has 24 heavy (non-hydrogen) atoms. The van der Waals surface area contributed by atoms with E-state index in [9.17, 15) is 9.59 Å². The standard InChI is InChI=1S/C20H21NO3/c1-14-11-16(13-17(12-14)20(23)24-2)19(22)21-10-6-9-18(21)15-7-4-3-5-8-15/h3-5,7-8,11-13,18H,6,9-10H2,1-2H3. The molecule has 0 N–H and O–H groups in total. The molecule has 0 spiro atoms. The van der Waals surface area contributed by atoms with Gasteiger partial charge in [0.05, 0.1) is 18.7 Å². The lowest BCUT2D eigenvalue weighted by molar-refractivity contribution is 0.0600. The minimum absolute atomic E-state index is 0.0322. The Balaban J connectivity index is 1.91. The highest BCUT2D eigenvalue weighted by Crippen LogP contribution is 2.33. The number of ether oxygens (including phenoxy) is 1. The van der Waals surface area contributed by atoms with Crippen LogP contribution in [0, 0.1) is 6.92 Å². The largest absolute Gasteiger partial charge is 0.465 e. The van der Waals surface area contributed by atoms with Gasteiger partial charge in [-0.2, -0.15) is 0 Å². The summed E-state index contributed by atoms with van der Waals surface area (Å²) in [5.74, 6) is -0.455. The molecule has 1 fully saturated rings. The summed E-state index contributed by atoms with van der Waals surface area (Å²) < 4.78 is 4.78. The molecule has 0 saturated carbocycles. The van der Waals surface area contributed by atoms with Gasteiger partial charge in [-0.3, -0.25) is 4.79 Å². The zero-order chi connectivity index (χ0) is 17.1. The van der Waals surface area contributed by atoms with Crippen LogP contribution in [0.3, 0.4) is 0 Å². The van der Waals surface area contributed by atoms with E-state index in [1.165, 1.54) is 7.11 Å². The molecule has 2 aromatic rings. The number of amides is 1. The number of rotatable bonds is 3. The molecular weight excluding hydrogens is 302 g/mol. The van der Waals surface area contributed by atoms with Crippen LogP contribution < -0.4 is 0 Å². The van der Waals surface area contributed by atoms with E-state index in [1.807, 2.05) is 36.1 Å². The van der Waals surface area contributed by atoms with Gasteiger partial charge in [-0.05, 0) is 49.1 Å². The molecule has 1 saturated heterocycles. The highest BCUT2D eigenvalue weighted by Gasteiger charge is 2.30. The topological polar surface area (TPSA) is 46.6 Å². The third-order valence-electron chi connectivity index (χ3n) is 4.44. The molecule has 1 aliphatic heterocycles. The summed E-state index contributed by atoms with van der Waals surface area (Å²) in [5, 5.41) is 0. The summed E-state index contributed by atoms with van der Waals surface area (Å²) in [6.07, 6.45) is 1.95. The quantitative estimate of drug-likeness (QED) is 0.808. The smallest absolute Gasteiger partial charge is 0.337 e. The molecule has 1 amide bonds. The molecule has 1 atom stereocenters. The Morgan fingerprint density at radius 1 is 1.08 bits per heavy atom. The SMILES string of the molecule is COC(=O)c1cc(C)cc(C(=O)N2CCCC2c2ccccc2)c1. The summed E-state index contributed by atoms with van der Waals surface area (Å²) >= 11 is 0. The van der Waals surface area contributed by atoms with Crippen molar-refractivity contribution in [2.75, 3.05) is 13.7 Å². The Morgan fingerprint density at radius 2 is 1.79 bits per heavy atom. The second-order valence-corrected chi connectivity index (χ2v) is 6.15. The van der Waals surface area contributed by atoms with E-state index in [1.54, 1.807) is 12.1 Å². The van der Waals surface area contributed by atoms with Gasteiger partial charge in [0.2, 0.25) is 0 Å². The monoisotopic (exact) mass is 323 g/mol. The summed E-state index contributed by atoms with van der Waals surface area (Å²) in [6, 6.07) is 15.4. The highest BCUT2D eigenvalue weighted by atomic mass is 16.5. The van der Waals surface area contributed by atoms with Crippen molar-refractivity contribution in [2.24, 2.45) is 0 Å². The summed E-state index contributed by atoms with van der Waals surface area (Å²) in [6.45, 7) is 2.61. The van der Waals surface area contributed by atoms with Crippen LogP contribution in [0.25, 0.3) is 0 Å². The van der Waals surface area contributed by atoms with Gasteiger partial charge in [-0.25, -0.2) is 4.79 Å². The Labute approximate surface area is 142 Å². The maximum Gasteiger partial charge on any atom is 0.337 e. The van der Waals surface area contributed by atoms with E-state index in [2.05, 4.69) is 12.1 Å². The first-order valence-electron chi connectivity index (χ1n) is 8.16. The Morgan fingerprint density at radius 3 is 2.50 bits per heavy atom. The van der Waals surface area contributed by atoms with E-state index >= 15 is 0 Å². The minimum atomic E-state index is -0.422. The number of aryl methyl sites for hydroxylation is 1. The average molecular weight is 323 g/mol. The fraction of sp³-hybridized carbons (Fsp3) is 0.300. The number of likely N-dealkylation sites (tertiary alicyclic amines) is 1. The number of methoxy groups -OCH3 is 1. The number of hydrogen-bond acceptors (Lipinski definition) is 3. The maximum absolute atomic E-state index is 13.0. The van der Waals surface area contributed by atoms with Crippen LogP contribution in [0.15, 0.2) is 48.5 Å². The lowest BCUT2D eigenvalue weighted by atomic mass is 10.0. The summed E-state index contributed by atoms with van der Waals surface area (Å²) in [5.41, 5.74) is 2.98. The van der Waals surface area contributed by atoms with Crippen molar-refractivity contribution in [2.45, 2.75) is 25.8 Å². The van der Waals surface area contributed by atoms with Gasteiger partial charge >= 0.3 is 5.97 Å². The predicted molar refractivity (Wildman–Crippen MR) is 92.0 cm³/mol. The lowest BCUT2D eigenvalue weighted by Crippen LogP contribution is -2.30. The first-order chi connectivity index (χ1) is 11.6. The summed E-state index contributed by atoms with van der Waals surface area (Å²) in [4.78, 5) is 26.7. The normalized spacial score (nSPS) is 16.9. The first-order valence-corrected chi connectivity index (χ1v) is 8.16. The van der Waals surface area contributed by atoms with Crippen LogP contribution in [0.4, 0.5) is 0 Å². The minimum Gasteiger partial charge on any atom is -0.465 e. The molecule has 1 heterocycles. The molecule has 0 aliphatic carbocycles. The molecule has 1 unspecified atom stereocenters. The molecule has 4 heteroatoms. The second-order valence-electron chi connectivity index (χ2n) is 6.15. The number of esters is 1. The zero-order valence-corrected chi connectivity index (χ0v) is 14.0. The van der Waals surface area contributed by atoms with Crippen molar-refractivity contribution in [3.63, 3.8) is 0 Å². The molecule has 124 valence electrons. The van der Waals surface area contributed by atoms with Crippen LogP contribution in [-0.4, -0.2) is 30.4 Å². The van der Waals surface area contributed by atoms with Crippen LogP contribution in [-0.2, 0) is 4.74 Å². The van der Waals surface area contributed by atoms with Crippen molar-refractivity contribution in [1.29, 1.82) is 0 Å². The van der Waals surface area contributed by atoms with Crippen LogP contribution >= 0.6 is 0 Å². The Hall–Kier alpha value is -2.62. The van der Waals surface area contributed by atoms with Crippen LogP contribution in [0.1, 0.15) is 50.7 Å². The molecule has 4 nitrogen and oxygen atoms in total. The van der Waals surface area contributed by atoms with Gasteiger partial charge in [-0.15, -0.1) is 0 Å². The van der Waals surface area contributed by atoms with E-state index in [-0.39, 0.29) is 11.9 Å². The fourth-order valence-corrected chi connectivity index (χ4v) is 3.34. The van der Waals surface area contributed by atoms with E-state index in [0.717, 1.165) is 30.5 Å². The number of carbonyl (C=O) groups excluding carboxylic acids is 2. The number of benzene rings is 2. The second kappa shape index (κ2) is 6.87. The molecule has 3 rings (SSSR count). The molecular formula is C20H21NO3. The number of carbonyl (C=O) groups is 2. The Kier molecular flexibility index (Phi) is 4.65. The van der Waals surface area contributed by atoms with Gasteiger partial charge < -0.3 is 9.64 Å². The van der Waals surface area contributed by atoms with Crippen molar-refractivity contribution in [3.8, 4) is 0 Å². The van der Waals surface area contributed by atoms with E-state index < -0.39 is 5.97 Å². The van der Waals surface area contributed by atoms with Crippen LogP contribution in [0.2, 0.25) is 0 Å². The third-order valence-corrected chi connectivity index (χ3v) is 4.44. The molecule has 2 aromatic carbocycles. The van der Waals surface area contributed by atoms with Gasteiger partial charge in [0.15, 0.2) is 0 Å². The van der Waals surface area contributed by atoms with Gasteiger partial charge in [0, 0.05) is 12.1 Å². The lowest BCUT2D eigenvalue weighted by Gasteiger charge is -2.25. The van der Waals surface area contributed by atoms with E-state index in [0.29, 0.717) is 11.1 Å². The van der Waals surface area contributed by atoms with Gasteiger partial charge in [0.25, 0.3) is 5.91 Å². The summed E-state index contributed by atoms with van der Waals surface area (Å²) in [7, 11) is 1.35. The molecule has 0 radical (unpaired) electrons. The third kappa shape index (κ3) is 3.18. The average Bonchev–Trinajstić information content (AvgIpc) is 3.10. The van der Waals surface area contributed by atoms with Gasteiger partial charge in [0.1, 0.15) is 0 Å². The van der Waals surface area contributed by atoms with Gasteiger partial charge in [-0.1, -0.05) is 30.3 Å². The first kappa shape index (κ1) is 16.2. The maximum atomic E-state index is 13.0. The fourth-order valence-electron chi connectivity index (χ4n) is 3.34. The Bertz CT molecular complexity index is 755. The van der Waals surface area contributed by atoms with Crippen molar-refractivity contribution in [1.82, 2.24) is 4.90 Å². The zero-order valence-electron chi connectivity index (χ0n) is 14.0. The molecule has 1 aliphatic rings. The van der Waals surface area contributed by atoms with Crippen molar-refractivity contribution in [3.05, 3.63) is 70.8 Å². The molecule has 0 aromatic heterocycles. The number of nitrogens with zero attached hydrogens (tertiary/aromatic N) is 1. The number of hydrogen-bond donors (Lipinski definition) is 0. The van der Waals surface area contributed by atoms with Crippen molar-refractivity contribution < 1.29 is 14.3 Å². The predicted octanol–water partition coefficient (Wildman–Crippen LogP) is 3.76. The molecule has 0 bridgehead atoms. The van der Waals surface area contributed by atoms with E-state index in [4.69, 9.17) is 4.74 Å². The highest BCUT2D eigenvalue weighted by molar-refractivity contribution is 5.98. The van der Waals surface area contributed by atoms with Crippen molar-refractivity contribution >= 4 is 11.9 Å². The van der Waals surface area contributed by atoms with Crippen LogP contribution in [0.5, 0.6) is 0 Å².